The van der Waals surface area contributed by atoms with Gasteiger partial charge in [0.25, 0.3) is 0 Å². The van der Waals surface area contributed by atoms with Crippen molar-refractivity contribution in [2.75, 3.05) is 12.3 Å². The van der Waals surface area contributed by atoms with E-state index in [1.807, 2.05) is 0 Å². The van der Waals surface area contributed by atoms with E-state index in [2.05, 4.69) is 12.2 Å². The summed E-state index contributed by atoms with van der Waals surface area (Å²) >= 11 is 0. The summed E-state index contributed by atoms with van der Waals surface area (Å²) in [5, 5.41) is 11.1. The third kappa shape index (κ3) is 5.61. The predicted molar refractivity (Wildman–Crippen MR) is 78.9 cm³/mol. The van der Waals surface area contributed by atoms with Crippen LogP contribution in [0.25, 0.3) is 0 Å². The summed E-state index contributed by atoms with van der Waals surface area (Å²) in [5.74, 6) is -0.718. The molecule has 0 saturated heterocycles. The van der Waals surface area contributed by atoms with E-state index < -0.39 is 22.0 Å². The van der Waals surface area contributed by atoms with E-state index in [9.17, 15) is 13.8 Å². The Morgan fingerprint density at radius 3 is 2.50 bits per heavy atom. The molecule has 1 saturated carbocycles. The molecule has 5 nitrogen and oxygen atoms in total. The van der Waals surface area contributed by atoms with E-state index in [-0.39, 0.29) is 17.7 Å². The molecular formula is C14H25NO4S. The number of nitrogens with one attached hydrogen (secondary N) is 1. The van der Waals surface area contributed by atoms with Gasteiger partial charge in [0.05, 0.1) is 6.42 Å². The summed E-state index contributed by atoms with van der Waals surface area (Å²) in [6.45, 7) is 4.37. The largest absolute Gasteiger partial charge is 0.481 e. The normalized spacial score (nSPS) is 19.1. The van der Waals surface area contributed by atoms with Gasteiger partial charge in [0.1, 0.15) is 5.25 Å². The van der Waals surface area contributed by atoms with Crippen LogP contribution in [-0.4, -0.2) is 38.7 Å². The van der Waals surface area contributed by atoms with Crippen molar-refractivity contribution in [3.63, 3.8) is 0 Å². The SMILES string of the molecule is CCCCCNC(=O)C(C)S(=O)CC1(CC(=O)O)CC1. The number of amides is 1. The number of hydrogen-bond donors (Lipinski definition) is 2. The Balaban J connectivity index is 2.35. The molecule has 0 bridgehead atoms. The third-order valence-electron chi connectivity index (χ3n) is 3.77. The Morgan fingerprint density at radius 2 is 2.00 bits per heavy atom. The maximum Gasteiger partial charge on any atom is 0.303 e. The van der Waals surface area contributed by atoms with Gasteiger partial charge in [-0.25, -0.2) is 0 Å². The summed E-state index contributed by atoms with van der Waals surface area (Å²) in [7, 11) is -1.30. The molecule has 2 N–H and O–H groups in total. The van der Waals surface area contributed by atoms with Crippen LogP contribution < -0.4 is 5.32 Å². The lowest BCUT2D eigenvalue weighted by molar-refractivity contribution is -0.138. The Morgan fingerprint density at radius 1 is 1.35 bits per heavy atom. The number of aliphatic carboxylic acids is 1. The van der Waals surface area contributed by atoms with Crippen LogP contribution in [-0.2, 0) is 20.4 Å². The molecule has 1 rings (SSSR count). The number of carbonyl (C=O) groups is 2. The molecule has 20 heavy (non-hydrogen) atoms. The molecule has 0 aromatic rings. The fraction of sp³-hybridized carbons (Fsp3) is 0.857. The average molecular weight is 303 g/mol. The van der Waals surface area contributed by atoms with Gasteiger partial charge in [-0.15, -0.1) is 0 Å². The first kappa shape index (κ1) is 17.1. The van der Waals surface area contributed by atoms with Gasteiger partial charge in [-0.2, -0.15) is 0 Å². The highest BCUT2D eigenvalue weighted by atomic mass is 32.2. The predicted octanol–water partition coefficient (Wildman–Crippen LogP) is 1.68. The zero-order valence-electron chi connectivity index (χ0n) is 12.3. The lowest BCUT2D eigenvalue weighted by Crippen LogP contribution is -2.38. The fourth-order valence-corrected chi connectivity index (χ4v) is 3.71. The monoisotopic (exact) mass is 303 g/mol. The Labute approximate surface area is 123 Å². The van der Waals surface area contributed by atoms with Crippen molar-refractivity contribution in [2.24, 2.45) is 5.41 Å². The number of unbranched alkanes of at least 4 members (excludes halogenated alkanes) is 2. The van der Waals surface area contributed by atoms with Crippen molar-refractivity contribution < 1.29 is 18.9 Å². The molecule has 0 aromatic heterocycles. The highest BCUT2D eigenvalue weighted by Crippen LogP contribution is 2.49. The Kier molecular flexibility index (Phi) is 6.65. The van der Waals surface area contributed by atoms with Crippen molar-refractivity contribution >= 4 is 22.7 Å². The molecule has 1 aliphatic carbocycles. The minimum Gasteiger partial charge on any atom is -0.481 e. The molecule has 1 fully saturated rings. The van der Waals surface area contributed by atoms with Crippen LogP contribution >= 0.6 is 0 Å². The van der Waals surface area contributed by atoms with Gasteiger partial charge < -0.3 is 10.4 Å². The molecule has 0 aliphatic heterocycles. The van der Waals surface area contributed by atoms with Crippen molar-refractivity contribution in [3.05, 3.63) is 0 Å². The molecule has 0 heterocycles. The first-order valence-electron chi connectivity index (χ1n) is 7.27. The van der Waals surface area contributed by atoms with Crippen LogP contribution in [0.2, 0.25) is 0 Å². The summed E-state index contributed by atoms with van der Waals surface area (Å²) in [5.41, 5.74) is -0.326. The van der Waals surface area contributed by atoms with Crippen LogP contribution in [0, 0.1) is 5.41 Å². The number of hydrogen-bond acceptors (Lipinski definition) is 3. The van der Waals surface area contributed by atoms with E-state index in [4.69, 9.17) is 5.11 Å². The van der Waals surface area contributed by atoms with E-state index in [1.165, 1.54) is 0 Å². The van der Waals surface area contributed by atoms with Crippen molar-refractivity contribution in [3.8, 4) is 0 Å². The molecule has 116 valence electrons. The summed E-state index contributed by atoms with van der Waals surface area (Å²) in [6, 6.07) is 0. The maximum atomic E-state index is 12.2. The van der Waals surface area contributed by atoms with Crippen LogP contribution in [0.5, 0.6) is 0 Å². The maximum absolute atomic E-state index is 12.2. The van der Waals surface area contributed by atoms with Gasteiger partial charge in [-0.3, -0.25) is 13.8 Å². The van der Waals surface area contributed by atoms with Crippen LogP contribution in [0.1, 0.15) is 52.4 Å². The van der Waals surface area contributed by atoms with Crippen LogP contribution in [0.15, 0.2) is 0 Å². The zero-order valence-corrected chi connectivity index (χ0v) is 13.1. The van der Waals surface area contributed by atoms with E-state index in [0.717, 1.165) is 32.1 Å². The third-order valence-corrected chi connectivity index (χ3v) is 5.67. The Hall–Kier alpha value is -0.910. The van der Waals surface area contributed by atoms with Gasteiger partial charge in [0.15, 0.2) is 0 Å². The van der Waals surface area contributed by atoms with E-state index in [1.54, 1.807) is 6.92 Å². The summed E-state index contributed by atoms with van der Waals surface area (Å²) < 4.78 is 12.2. The second-order valence-electron chi connectivity index (χ2n) is 5.74. The van der Waals surface area contributed by atoms with Crippen LogP contribution in [0.4, 0.5) is 0 Å². The molecule has 2 atom stereocenters. The standard InChI is InChI=1S/C14H25NO4S/c1-3-4-5-8-15-13(18)11(2)20(19)10-14(6-7-14)9-12(16)17/h11H,3-10H2,1-2H3,(H,15,18)(H,16,17). The fourth-order valence-electron chi connectivity index (χ4n) is 2.15. The molecule has 0 aromatic carbocycles. The minimum atomic E-state index is -1.30. The highest BCUT2D eigenvalue weighted by Gasteiger charge is 2.46. The van der Waals surface area contributed by atoms with Gasteiger partial charge in [0.2, 0.25) is 5.91 Å². The molecule has 1 amide bonds. The van der Waals surface area contributed by atoms with Crippen molar-refractivity contribution in [2.45, 2.75) is 57.6 Å². The number of rotatable bonds is 10. The molecule has 2 unspecified atom stereocenters. The van der Waals surface area contributed by atoms with Crippen LogP contribution in [0.3, 0.4) is 0 Å². The number of carbonyl (C=O) groups excluding carboxylic acids is 1. The molecule has 0 radical (unpaired) electrons. The van der Waals surface area contributed by atoms with Gasteiger partial charge in [-0.1, -0.05) is 19.8 Å². The van der Waals surface area contributed by atoms with Crippen molar-refractivity contribution in [1.82, 2.24) is 5.32 Å². The van der Waals surface area contributed by atoms with Gasteiger partial charge >= 0.3 is 5.97 Å². The second kappa shape index (κ2) is 7.76. The summed E-state index contributed by atoms with van der Waals surface area (Å²) in [6.07, 6.45) is 4.76. The lowest BCUT2D eigenvalue weighted by Gasteiger charge is -2.16. The zero-order chi connectivity index (χ0) is 15.2. The highest BCUT2D eigenvalue weighted by molar-refractivity contribution is 7.86. The van der Waals surface area contributed by atoms with Crippen molar-refractivity contribution in [1.29, 1.82) is 0 Å². The lowest BCUT2D eigenvalue weighted by atomic mass is 10.1. The first-order valence-corrected chi connectivity index (χ1v) is 8.65. The minimum absolute atomic E-state index is 0.0591. The molecule has 6 heteroatoms. The topological polar surface area (TPSA) is 83.5 Å². The molecular weight excluding hydrogens is 278 g/mol. The first-order chi connectivity index (χ1) is 9.40. The van der Waals surface area contributed by atoms with E-state index >= 15 is 0 Å². The smallest absolute Gasteiger partial charge is 0.303 e. The van der Waals surface area contributed by atoms with Gasteiger partial charge in [0, 0.05) is 23.1 Å². The molecule has 1 aliphatic rings. The number of carboxylic acids is 1. The van der Waals surface area contributed by atoms with Gasteiger partial charge in [-0.05, 0) is 31.6 Å². The molecule has 0 spiro atoms. The Bertz CT molecular complexity index is 379. The number of carboxylic acid groups (broad SMARTS) is 1. The second-order valence-corrected chi connectivity index (χ2v) is 7.49. The average Bonchev–Trinajstić information content (AvgIpc) is 3.11. The quantitative estimate of drug-likeness (QED) is 0.602. The summed E-state index contributed by atoms with van der Waals surface area (Å²) in [4.78, 5) is 22.6. The van der Waals surface area contributed by atoms with E-state index in [0.29, 0.717) is 12.3 Å².